The van der Waals surface area contributed by atoms with Gasteiger partial charge in [-0.25, -0.2) is 0 Å². The molecule has 0 aromatic heterocycles. The largest absolute Gasteiger partial charge is 0.373 e. The zero-order valence-electron chi connectivity index (χ0n) is 11.1. The predicted molar refractivity (Wildman–Crippen MR) is 64.3 cm³/mol. The standard InChI is InChI=1S/C12H27NO2/c1-7-12(5,10-13-6)15-9-8-14-11(2,3)4/h13H,7-10H2,1-6H3. The normalized spacial score (nSPS) is 16.4. The van der Waals surface area contributed by atoms with E-state index in [9.17, 15) is 0 Å². The van der Waals surface area contributed by atoms with Gasteiger partial charge in [-0.15, -0.1) is 0 Å². The lowest BCUT2D eigenvalue weighted by atomic mass is 10.0. The van der Waals surface area contributed by atoms with E-state index < -0.39 is 0 Å². The van der Waals surface area contributed by atoms with Crippen molar-refractivity contribution in [2.24, 2.45) is 0 Å². The Balaban J connectivity index is 3.73. The Hall–Kier alpha value is -0.120. The van der Waals surface area contributed by atoms with Crippen molar-refractivity contribution in [3.8, 4) is 0 Å². The van der Waals surface area contributed by atoms with Gasteiger partial charge in [0.1, 0.15) is 0 Å². The van der Waals surface area contributed by atoms with Gasteiger partial charge < -0.3 is 14.8 Å². The number of nitrogens with one attached hydrogen (secondary N) is 1. The van der Waals surface area contributed by atoms with Crippen LogP contribution in [0.1, 0.15) is 41.0 Å². The molecular weight excluding hydrogens is 190 g/mol. The van der Waals surface area contributed by atoms with Gasteiger partial charge in [-0.05, 0) is 41.2 Å². The molecule has 15 heavy (non-hydrogen) atoms. The van der Waals surface area contributed by atoms with E-state index in [0.717, 1.165) is 13.0 Å². The molecule has 1 N–H and O–H groups in total. The first kappa shape index (κ1) is 14.9. The highest BCUT2D eigenvalue weighted by Gasteiger charge is 2.21. The van der Waals surface area contributed by atoms with Crippen molar-refractivity contribution < 1.29 is 9.47 Å². The fraction of sp³-hybridized carbons (Fsp3) is 1.00. The molecule has 0 aromatic rings. The topological polar surface area (TPSA) is 30.5 Å². The highest BCUT2D eigenvalue weighted by Crippen LogP contribution is 2.14. The summed E-state index contributed by atoms with van der Waals surface area (Å²) in [7, 11) is 1.95. The maximum absolute atomic E-state index is 5.83. The molecule has 0 fully saturated rings. The molecule has 0 aromatic carbocycles. The van der Waals surface area contributed by atoms with E-state index in [0.29, 0.717) is 13.2 Å². The Morgan fingerprint density at radius 2 is 1.53 bits per heavy atom. The summed E-state index contributed by atoms with van der Waals surface area (Å²) in [5, 5.41) is 3.15. The van der Waals surface area contributed by atoms with Crippen LogP contribution >= 0.6 is 0 Å². The lowest BCUT2D eigenvalue weighted by molar-refractivity contribution is -0.0849. The first-order valence-corrected chi connectivity index (χ1v) is 5.75. The Bertz CT molecular complexity index is 165. The van der Waals surface area contributed by atoms with Gasteiger partial charge in [0.25, 0.3) is 0 Å². The fourth-order valence-electron chi connectivity index (χ4n) is 1.29. The lowest BCUT2D eigenvalue weighted by Gasteiger charge is -2.29. The molecule has 0 amide bonds. The lowest BCUT2D eigenvalue weighted by Crippen LogP contribution is -2.39. The van der Waals surface area contributed by atoms with Gasteiger partial charge in [0.2, 0.25) is 0 Å². The molecule has 0 saturated carbocycles. The molecule has 0 spiro atoms. The van der Waals surface area contributed by atoms with E-state index >= 15 is 0 Å². The van der Waals surface area contributed by atoms with Crippen LogP contribution in [0.4, 0.5) is 0 Å². The number of rotatable bonds is 7. The van der Waals surface area contributed by atoms with E-state index in [1.165, 1.54) is 0 Å². The summed E-state index contributed by atoms with van der Waals surface area (Å²) in [6.07, 6.45) is 1.00. The van der Waals surface area contributed by atoms with Gasteiger partial charge in [-0.1, -0.05) is 6.92 Å². The van der Waals surface area contributed by atoms with Gasteiger partial charge in [-0.2, -0.15) is 0 Å². The number of hydrogen-bond acceptors (Lipinski definition) is 3. The monoisotopic (exact) mass is 217 g/mol. The summed E-state index contributed by atoms with van der Waals surface area (Å²) >= 11 is 0. The minimum atomic E-state index is -0.0744. The van der Waals surface area contributed by atoms with Crippen LogP contribution in [0, 0.1) is 0 Å². The highest BCUT2D eigenvalue weighted by atomic mass is 16.5. The molecule has 0 saturated heterocycles. The maximum atomic E-state index is 5.83. The minimum Gasteiger partial charge on any atom is -0.373 e. The molecule has 0 radical (unpaired) electrons. The summed E-state index contributed by atoms with van der Waals surface area (Å²) in [4.78, 5) is 0. The van der Waals surface area contributed by atoms with Crippen LogP contribution in [-0.4, -0.2) is 38.0 Å². The van der Waals surface area contributed by atoms with Crippen LogP contribution < -0.4 is 5.32 Å². The first-order chi connectivity index (χ1) is 6.83. The quantitative estimate of drug-likeness (QED) is 0.663. The average Bonchev–Trinajstić information content (AvgIpc) is 2.12. The predicted octanol–water partition coefficient (Wildman–Crippen LogP) is 2.21. The van der Waals surface area contributed by atoms with Crippen LogP contribution in [0.2, 0.25) is 0 Å². The molecule has 0 aliphatic carbocycles. The third-order valence-electron chi connectivity index (χ3n) is 2.37. The zero-order chi connectivity index (χ0) is 11.9. The van der Waals surface area contributed by atoms with Gasteiger partial charge in [0.05, 0.1) is 24.4 Å². The Morgan fingerprint density at radius 3 is 1.93 bits per heavy atom. The Kier molecular flexibility index (Phi) is 6.41. The number of likely N-dealkylation sites (N-methyl/N-ethyl adjacent to an activating group) is 1. The molecule has 1 atom stereocenters. The fourth-order valence-corrected chi connectivity index (χ4v) is 1.29. The molecule has 0 heterocycles. The van der Waals surface area contributed by atoms with Crippen molar-refractivity contribution in [3.63, 3.8) is 0 Å². The van der Waals surface area contributed by atoms with Crippen molar-refractivity contribution in [1.82, 2.24) is 5.32 Å². The Labute approximate surface area is 94.5 Å². The third-order valence-corrected chi connectivity index (χ3v) is 2.37. The molecule has 0 aliphatic rings. The van der Waals surface area contributed by atoms with Gasteiger partial charge in [0, 0.05) is 6.54 Å². The van der Waals surface area contributed by atoms with E-state index in [4.69, 9.17) is 9.47 Å². The average molecular weight is 217 g/mol. The maximum Gasteiger partial charge on any atom is 0.0776 e. The van der Waals surface area contributed by atoms with Gasteiger partial charge >= 0.3 is 0 Å². The van der Waals surface area contributed by atoms with Crippen LogP contribution in [-0.2, 0) is 9.47 Å². The van der Waals surface area contributed by atoms with E-state index in [1.807, 2.05) is 7.05 Å². The highest BCUT2D eigenvalue weighted by molar-refractivity contribution is 4.75. The summed E-state index contributed by atoms with van der Waals surface area (Å²) in [6, 6.07) is 0. The van der Waals surface area contributed by atoms with Crippen LogP contribution in [0.25, 0.3) is 0 Å². The molecular formula is C12H27NO2. The molecule has 0 aliphatic heterocycles. The zero-order valence-corrected chi connectivity index (χ0v) is 11.1. The van der Waals surface area contributed by atoms with Crippen molar-refractivity contribution >= 4 is 0 Å². The second kappa shape index (κ2) is 6.46. The molecule has 92 valence electrons. The third kappa shape index (κ3) is 7.77. The first-order valence-electron chi connectivity index (χ1n) is 5.75. The molecule has 3 heteroatoms. The SMILES string of the molecule is CCC(C)(CNC)OCCOC(C)(C)C. The van der Waals surface area contributed by atoms with Gasteiger partial charge in [0.15, 0.2) is 0 Å². The minimum absolute atomic E-state index is 0.0734. The Morgan fingerprint density at radius 1 is 1.00 bits per heavy atom. The molecule has 3 nitrogen and oxygen atoms in total. The van der Waals surface area contributed by atoms with Crippen LogP contribution in [0.15, 0.2) is 0 Å². The second-order valence-corrected chi connectivity index (χ2v) is 5.14. The number of ether oxygens (including phenoxy) is 2. The van der Waals surface area contributed by atoms with Crippen LogP contribution in [0.5, 0.6) is 0 Å². The molecule has 1 unspecified atom stereocenters. The van der Waals surface area contributed by atoms with Gasteiger partial charge in [-0.3, -0.25) is 0 Å². The summed E-state index contributed by atoms with van der Waals surface area (Å²) < 4.78 is 11.4. The van der Waals surface area contributed by atoms with Crippen molar-refractivity contribution in [2.45, 2.75) is 52.2 Å². The van der Waals surface area contributed by atoms with Crippen molar-refractivity contribution in [1.29, 1.82) is 0 Å². The van der Waals surface area contributed by atoms with Crippen molar-refractivity contribution in [3.05, 3.63) is 0 Å². The molecule has 0 bridgehead atoms. The van der Waals surface area contributed by atoms with E-state index in [2.05, 4.69) is 39.9 Å². The molecule has 0 rings (SSSR count). The summed E-state index contributed by atoms with van der Waals surface area (Å²) in [5.74, 6) is 0. The summed E-state index contributed by atoms with van der Waals surface area (Å²) in [5.41, 5.74) is -0.148. The van der Waals surface area contributed by atoms with E-state index in [-0.39, 0.29) is 11.2 Å². The van der Waals surface area contributed by atoms with Crippen LogP contribution in [0.3, 0.4) is 0 Å². The second-order valence-electron chi connectivity index (χ2n) is 5.14. The van der Waals surface area contributed by atoms with Crippen molar-refractivity contribution in [2.75, 3.05) is 26.8 Å². The smallest absolute Gasteiger partial charge is 0.0776 e. The summed E-state index contributed by atoms with van der Waals surface area (Å²) in [6.45, 7) is 12.6. The number of hydrogen-bond donors (Lipinski definition) is 1. The van der Waals surface area contributed by atoms with E-state index in [1.54, 1.807) is 0 Å².